The topological polar surface area (TPSA) is 27.7 Å². The van der Waals surface area contributed by atoms with E-state index >= 15 is 0 Å². The van der Waals surface area contributed by atoms with E-state index in [0.29, 0.717) is 10.0 Å². The first-order valence-corrected chi connectivity index (χ1v) is 7.66. The van der Waals surface area contributed by atoms with Gasteiger partial charge >= 0.3 is 6.72 Å². The SMILES string of the molecule is COP(=S)(OC)Oc1cc(Cl)c(Cl)cc1Cl.[Al]. The van der Waals surface area contributed by atoms with E-state index in [0.717, 1.165) is 0 Å². The molecule has 0 atom stereocenters. The van der Waals surface area contributed by atoms with Gasteiger partial charge in [0.05, 0.1) is 15.1 Å². The normalized spacial score (nSPS) is 10.9. The smallest absolute Gasteiger partial charge is 0.380 e. The molecule has 1 rings (SSSR count). The molecule has 0 bridgehead atoms. The molecule has 0 aliphatic rings. The van der Waals surface area contributed by atoms with E-state index in [-0.39, 0.29) is 28.1 Å². The summed E-state index contributed by atoms with van der Waals surface area (Å²) >= 11 is 22.5. The third-order valence-electron chi connectivity index (χ3n) is 1.63. The van der Waals surface area contributed by atoms with Crippen molar-refractivity contribution in [3.63, 3.8) is 0 Å². The van der Waals surface area contributed by atoms with E-state index in [1.54, 1.807) is 0 Å². The van der Waals surface area contributed by atoms with Gasteiger partial charge in [-0.15, -0.1) is 0 Å². The molecule has 17 heavy (non-hydrogen) atoms. The first-order chi connectivity index (χ1) is 7.41. The van der Waals surface area contributed by atoms with Crippen LogP contribution < -0.4 is 4.52 Å². The van der Waals surface area contributed by atoms with E-state index < -0.39 is 6.72 Å². The molecule has 3 radical (unpaired) electrons. The van der Waals surface area contributed by atoms with Gasteiger partial charge < -0.3 is 13.6 Å². The zero-order chi connectivity index (χ0) is 12.3. The van der Waals surface area contributed by atoms with Crippen molar-refractivity contribution >= 4 is 70.7 Å². The fraction of sp³-hybridized carbons (Fsp3) is 0.250. The zero-order valence-corrected chi connectivity index (χ0v) is 14.1. The summed E-state index contributed by atoms with van der Waals surface area (Å²) in [7, 11) is 2.80. The van der Waals surface area contributed by atoms with Gasteiger partial charge in [0.25, 0.3) is 0 Å². The highest BCUT2D eigenvalue weighted by molar-refractivity contribution is 8.07. The average Bonchev–Trinajstić information content (AvgIpc) is 2.25. The third kappa shape index (κ3) is 4.87. The Bertz CT molecular complexity index is 438. The molecule has 1 aromatic carbocycles. The van der Waals surface area contributed by atoms with E-state index in [1.165, 1.54) is 26.4 Å². The van der Waals surface area contributed by atoms with Crippen LogP contribution in [0.1, 0.15) is 0 Å². The van der Waals surface area contributed by atoms with E-state index in [9.17, 15) is 0 Å². The highest BCUT2D eigenvalue weighted by Gasteiger charge is 2.20. The summed E-state index contributed by atoms with van der Waals surface area (Å²) in [5.74, 6) is 0.281. The van der Waals surface area contributed by atoms with Crippen LogP contribution in [0.2, 0.25) is 15.1 Å². The fourth-order valence-corrected chi connectivity index (χ4v) is 2.40. The maximum atomic E-state index is 5.91. The molecule has 0 saturated heterocycles. The van der Waals surface area contributed by atoms with Gasteiger partial charge in [-0.05, 0) is 6.07 Å². The second-order valence-electron chi connectivity index (χ2n) is 2.60. The monoisotopic (exact) mass is 347 g/mol. The van der Waals surface area contributed by atoms with Gasteiger partial charge in [-0.3, -0.25) is 0 Å². The molecule has 93 valence electrons. The lowest BCUT2D eigenvalue weighted by molar-refractivity contribution is 0.273. The van der Waals surface area contributed by atoms with Gasteiger partial charge in [-0.2, -0.15) is 0 Å². The molecule has 0 aliphatic carbocycles. The number of hydrogen-bond acceptors (Lipinski definition) is 4. The average molecular weight is 349 g/mol. The van der Waals surface area contributed by atoms with Crippen molar-refractivity contribution < 1.29 is 13.6 Å². The second-order valence-corrected chi connectivity index (χ2v) is 6.97. The maximum absolute atomic E-state index is 5.91. The standard InChI is InChI=1S/C8H8Cl3O3PS.Al/c1-12-15(16,13-2)14-8-4-6(10)5(9)3-7(8)11;/h3-4H,1-2H3;. The molecule has 0 aromatic heterocycles. The molecule has 1 aromatic rings. The molecule has 0 fully saturated rings. The van der Waals surface area contributed by atoms with Gasteiger partial charge in [0, 0.05) is 49.5 Å². The lowest BCUT2D eigenvalue weighted by atomic mass is 10.3. The Hall–Kier alpha value is 0.992. The number of hydrogen-bond donors (Lipinski definition) is 0. The van der Waals surface area contributed by atoms with E-state index in [4.69, 9.17) is 60.2 Å². The summed E-state index contributed by atoms with van der Waals surface area (Å²) in [5, 5.41) is 0.940. The van der Waals surface area contributed by atoms with Crippen molar-refractivity contribution in [2.45, 2.75) is 0 Å². The number of rotatable bonds is 4. The Morgan fingerprint density at radius 3 is 1.94 bits per heavy atom. The fourth-order valence-electron chi connectivity index (χ4n) is 0.844. The summed E-state index contributed by atoms with van der Waals surface area (Å²) in [6.07, 6.45) is 0. The van der Waals surface area contributed by atoms with Crippen LogP contribution in [-0.2, 0) is 20.9 Å². The molecule has 0 heterocycles. The van der Waals surface area contributed by atoms with Crippen molar-refractivity contribution in [2.75, 3.05) is 14.2 Å². The summed E-state index contributed by atoms with van der Waals surface area (Å²) in [5.41, 5.74) is 0. The third-order valence-corrected chi connectivity index (χ3v) is 5.08. The van der Waals surface area contributed by atoms with Crippen LogP contribution in [0.15, 0.2) is 12.1 Å². The Balaban J connectivity index is 0.00000256. The van der Waals surface area contributed by atoms with Crippen molar-refractivity contribution in [1.82, 2.24) is 0 Å². The van der Waals surface area contributed by atoms with Gasteiger partial charge in [-0.1, -0.05) is 34.8 Å². The van der Waals surface area contributed by atoms with E-state index in [2.05, 4.69) is 0 Å². The molecule has 3 nitrogen and oxygen atoms in total. The minimum Gasteiger partial charge on any atom is -0.422 e. The van der Waals surface area contributed by atoms with E-state index in [1.807, 2.05) is 0 Å². The highest BCUT2D eigenvalue weighted by atomic mass is 35.5. The molecular weight excluding hydrogens is 340 g/mol. The van der Waals surface area contributed by atoms with Crippen LogP contribution in [0.5, 0.6) is 5.75 Å². The molecule has 0 spiro atoms. The zero-order valence-electron chi connectivity index (χ0n) is 8.95. The summed E-state index contributed by atoms with van der Waals surface area (Å²) in [6, 6.07) is 2.93. The first kappa shape index (κ1) is 18.0. The highest BCUT2D eigenvalue weighted by Crippen LogP contribution is 2.50. The van der Waals surface area contributed by atoms with Crippen LogP contribution in [0, 0.1) is 0 Å². The van der Waals surface area contributed by atoms with Crippen molar-refractivity contribution in [2.24, 2.45) is 0 Å². The lowest BCUT2D eigenvalue weighted by Gasteiger charge is -2.19. The van der Waals surface area contributed by atoms with Crippen LogP contribution in [-0.4, -0.2) is 31.6 Å². The van der Waals surface area contributed by atoms with Crippen LogP contribution in [0.4, 0.5) is 0 Å². The Morgan fingerprint density at radius 1 is 1.00 bits per heavy atom. The predicted molar refractivity (Wildman–Crippen MR) is 76.2 cm³/mol. The second kappa shape index (κ2) is 7.55. The van der Waals surface area contributed by atoms with Crippen LogP contribution in [0.3, 0.4) is 0 Å². The number of benzene rings is 1. The Kier molecular flexibility index (Phi) is 7.99. The minimum atomic E-state index is -2.82. The first-order valence-electron chi connectivity index (χ1n) is 3.97. The van der Waals surface area contributed by atoms with Gasteiger partial charge in [-0.25, -0.2) is 0 Å². The van der Waals surface area contributed by atoms with Gasteiger partial charge in [0.1, 0.15) is 5.75 Å². The molecule has 0 aliphatic heterocycles. The van der Waals surface area contributed by atoms with Gasteiger partial charge in [0.2, 0.25) is 0 Å². The quantitative estimate of drug-likeness (QED) is 0.464. The van der Waals surface area contributed by atoms with Crippen molar-refractivity contribution in [1.29, 1.82) is 0 Å². The lowest BCUT2D eigenvalue weighted by Crippen LogP contribution is -1.97. The largest absolute Gasteiger partial charge is 0.422 e. The summed E-state index contributed by atoms with van der Waals surface area (Å²) in [4.78, 5) is 0. The molecule has 0 saturated carbocycles. The number of halogens is 3. The Labute approximate surface area is 131 Å². The van der Waals surface area contributed by atoms with Crippen LogP contribution >= 0.6 is 41.5 Å². The Morgan fingerprint density at radius 2 is 1.47 bits per heavy atom. The predicted octanol–water partition coefficient (Wildman–Crippen LogP) is 4.16. The van der Waals surface area contributed by atoms with Crippen molar-refractivity contribution in [3.8, 4) is 5.75 Å². The molecule has 0 unspecified atom stereocenters. The minimum absolute atomic E-state index is 0. The summed E-state index contributed by atoms with van der Waals surface area (Å²) in [6.45, 7) is -2.82. The molecule has 0 N–H and O–H groups in total. The van der Waals surface area contributed by atoms with Gasteiger partial charge in [0.15, 0.2) is 0 Å². The summed E-state index contributed by atoms with van der Waals surface area (Å²) < 4.78 is 15.3. The maximum Gasteiger partial charge on any atom is 0.380 e. The molecule has 0 amide bonds. The molecular formula is C8H8AlCl3O3PS. The molecule has 9 heteroatoms. The van der Waals surface area contributed by atoms with Crippen LogP contribution in [0.25, 0.3) is 0 Å². The van der Waals surface area contributed by atoms with Crippen molar-refractivity contribution in [3.05, 3.63) is 27.2 Å².